The molecule has 0 radical (unpaired) electrons. The van der Waals surface area contributed by atoms with Gasteiger partial charge in [-0.25, -0.2) is 0 Å². The number of nitrogens with zero attached hydrogens (tertiary/aromatic N) is 2. The van der Waals surface area contributed by atoms with Crippen LogP contribution in [0.2, 0.25) is 0 Å². The maximum absolute atomic E-state index is 4.14. The second-order valence-corrected chi connectivity index (χ2v) is 5.07. The zero-order valence-corrected chi connectivity index (χ0v) is 10.5. The lowest BCUT2D eigenvalue weighted by atomic mass is 10.2. The van der Waals surface area contributed by atoms with Crippen LogP contribution in [-0.4, -0.2) is 61.7 Å². The van der Waals surface area contributed by atoms with E-state index in [1.165, 1.54) is 44.6 Å². The van der Waals surface area contributed by atoms with Crippen LogP contribution in [0.3, 0.4) is 0 Å². The van der Waals surface area contributed by atoms with Crippen LogP contribution >= 0.6 is 0 Å². The third-order valence-electron chi connectivity index (χ3n) is 3.54. The maximum Gasteiger partial charge on any atom is 0.0203 e. The van der Waals surface area contributed by atoms with Crippen LogP contribution in [0.5, 0.6) is 0 Å². The lowest BCUT2D eigenvalue weighted by Gasteiger charge is -2.35. The molecule has 2 fully saturated rings. The quantitative estimate of drug-likeness (QED) is 0.676. The summed E-state index contributed by atoms with van der Waals surface area (Å²) in [4.78, 5) is 5.20. The van der Waals surface area contributed by atoms with Crippen molar-refractivity contribution in [1.29, 1.82) is 0 Å². The summed E-state index contributed by atoms with van der Waals surface area (Å²) in [6, 6.07) is 0.937. The molecule has 1 heterocycles. The third-order valence-corrected chi connectivity index (χ3v) is 3.54. The Hall–Kier alpha value is -0.380. The molecule has 2 rings (SSSR count). The molecule has 1 aliphatic carbocycles. The van der Waals surface area contributed by atoms with Gasteiger partial charge in [-0.1, -0.05) is 13.5 Å². The fourth-order valence-electron chi connectivity index (χ4n) is 2.40. The fraction of sp³-hybridized carbons (Fsp3) is 0.846. The first-order valence-electron chi connectivity index (χ1n) is 6.63. The normalized spacial score (nSPS) is 23.6. The van der Waals surface area contributed by atoms with Crippen LogP contribution in [0, 0.1) is 0 Å². The van der Waals surface area contributed by atoms with Crippen molar-refractivity contribution in [3.05, 3.63) is 12.2 Å². The largest absolute Gasteiger partial charge is 0.313 e. The van der Waals surface area contributed by atoms with Crippen molar-refractivity contribution in [3.63, 3.8) is 0 Å². The number of hydrogen-bond acceptors (Lipinski definition) is 3. The average Bonchev–Trinajstić information content (AvgIpc) is 3.11. The second kappa shape index (κ2) is 5.80. The van der Waals surface area contributed by atoms with Crippen LogP contribution in [-0.2, 0) is 0 Å². The minimum absolute atomic E-state index is 0.937. The number of hydrogen-bond donors (Lipinski definition) is 1. The van der Waals surface area contributed by atoms with Gasteiger partial charge in [-0.3, -0.25) is 9.80 Å². The maximum atomic E-state index is 4.14. The zero-order chi connectivity index (χ0) is 11.4. The molecule has 2 aliphatic rings. The van der Waals surface area contributed by atoms with E-state index in [-0.39, 0.29) is 0 Å². The first-order chi connectivity index (χ1) is 7.79. The molecule has 1 aliphatic heterocycles. The Morgan fingerprint density at radius 2 is 1.94 bits per heavy atom. The summed E-state index contributed by atoms with van der Waals surface area (Å²) in [6.45, 7) is 14.3. The molecule has 0 aromatic heterocycles. The van der Waals surface area contributed by atoms with Crippen LogP contribution in [0.4, 0.5) is 0 Å². The van der Waals surface area contributed by atoms with E-state index in [9.17, 15) is 0 Å². The number of likely N-dealkylation sites (N-methyl/N-ethyl adjacent to an activating group) is 1. The van der Waals surface area contributed by atoms with Crippen molar-refractivity contribution in [3.8, 4) is 0 Å². The van der Waals surface area contributed by atoms with Crippen LogP contribution in [0.25, 0.3) is 0 Å². The third kappa shape index (κ3) is 3.58. The van der Waals surface area contributed by atoms with E-state index in [4.69, 9.17) is 0 Å². The van der Waals surface area contributed by atoms with Gasteiger partial charge in [0, 0.05) is 45.3 Å². The monoisotopic (exact) mass is 223 g/mol. The summed E-state index contributed by atoms with van der Waals surface area (Å²) in [6.07, 6.45) is 2.88. The molecule has 1 saturated heterocycles. The van der Waals surface area contributed by atoms with Gasteiger partial charge in [0.2, 0.25) is 0 Å². The zero-order valence-electron chi connectivity index (χ0n) is 10.5. The highest BCUT2D eigenvalue weighted by molar-refractivity contribution is 5.00. The van der Waals surface area contributed by atoms with E-state index in [0.29, 0.717) is 0 Å². The summed E-state index contributed by atoms with van der Waals surface area (Å²) < 4.78 is 0. The number of rotatable bonds is 6. The number of piperazine rings is 1. The van der Waals surface area contributed by atoms with E-state index in [0.717, 1.165) is 25.7 Å². The molecule has 0 aromatic carbocycles. The molecule has 0 atom stereocenters. The summed E-state index contributed by atoms with van der Waals surface area (Å²) in [5, 5.41) is 3.34. The SMILES string of the molecule is C=C(CNCC)CN1CCN(C2CC2)CC1. The molecule has 1 saturated carbocycles. The van der Waals surface area contributed by atoms with Crippen molar-refractivity contribution >= 4 is 0 Å². The van der Waals surface area contributed by atoms with E-state index >= 15 is 0 Å². The van der Waals surface area contributed by atoms with E-state index < -0.39 is 0 Å². The predicted octanol–water partition coefficient (Wildman–Crippen LogP) is 0.932. The van der Waals surface area contributed by atoms with Gasteiger partial charge in [0.05, 0.1) is 0 Å². The summed E-state index contributed by atoms with van der Waals surface area (Å²) in [5.41, 5.74) is 1.32. The molecule has 0 aromatic rings. The van der Waals surface area contributed by atoms with Gasteiger partial charge in [-0.2, -0.15) is 0 Å². The van der Waals surface area contributed by atoms with Crippen molar-refractivity contribution in [2.24, 2.45) is 0 Å². The topological polar surface area (TPSA) is 18.5 Å². The van der Waals surface area contributed by atoms with Gasteiger partial charge < -0.3 is 5.32 Å². The molecule has 0 unspecified atom stereocenters. The lowest BCUT2D eigenvalue weighted by molar-refractivity contribution is 0.134. The van der Waals surface area contributed by atoms with Gasteiger partial charge in [0.25, 0.3) is 0 Å². The first-order valence-corrected chi connectivity index (χ1v) is 6.63. The van der Waals surface area contributed by atoms with Crippen LogP contribution < -0.4 is 5.32 Å². The summed E-state index contributed by atoms with van der Waals surface area (Å²) >= 11 is 0. The van der Waals surface area contributed by atoms with Crippen molar-refractivity contribution in [2.45, 2.75) is 25.8 Å². The highest BCUT2D eigenvalue weighted by Crippen LogP contribution is 2.27. The highest BCUT2D eigenvalue weighted by atomic mass is 15.3. The molecule has 1 N–H and O–H groups in total. The molecular weight excluding hydrogens is 198 g/mol. The second-order valence-electron chi connectivity index (χ2n) is 5.07. The van der Waals surface area contributed by atoms with E-state index in [1.54, 1.807) is 0 Å². The fourth-order valence-corrected chi connectivity index (χ4v) is 2.40. The minimum Gasteiger partial charge on any atom is -0.313 e. The minimum atomic E-state index is 0.937. The Morgan fingerprint density at radius 3 is 2.50 bits per heavy atom. The Bertz CT molecular complexity index is 227. The Balaban J connectivity index is 1.62. The van der Waals surface area contributed by atoms with Gasteiger partial charge in [-0.15, -0.1) is 0 Å². The summed E-state index contributed by atoms with van der Waals surface area (Å²) in [5.74, 6) is 0. The smallest absolute Gasteiger partial charge is 0.0203 e. The highest BCUT2D eigenvalue weighted by Gasteiger charge is 2.30. The summed E-state index contributed by atoms with van der Waals surface area (Å²) in [7, 11) is 0. The molecule has 0 spiro atoms. The standard InChI is InChI=1S/C13H25N3/c1-3-14-10-12(2)11-15-6-8-16(9-7-15)13-4-5-13/h13-14H,2-11H2,1H3. The van der Waals surface area contributed by atoms with Crippen LogP contribution in [0.1, 0.15) is 19.8 Å². The van der Waals surface area contributed by atoms with E-state index in [2.05, 4.69) is 28.6 Å². The van der Waals surface area contributed by atoms with Gasteiger partial charge in [0.1, 0.15) is 0 Å². The Labute approximate surface area is 99.5 Å². The molecular formula is C13H25N3. The van der Waals surface area contributed by atoms with Gasteiger partial charge in [-0.05, 0) is 25.0 Å². The van der Waals surface area contributed by atoms with Crippen molar-refractivity contribution in [1.82, 2.24) is 15.1 Å². The van der Waals surface area contributed by atoms with Gasteiger partial charge in [0.15, 0.2) is 0 Å². The number of nitrogens with one attached hydrogen (secondary N) is 1. The average molecular weight is 223 g/mol. The van der Waals surface area contributed by atoms with Crippen LogP contribution in [0.15, 0.2) is 12.2 Å². The Morgan fingerprint density at radius 1 is 1.25 bits per heavy atom. The van der Waals surface area contributed by atoms with Crippen molar-refractivity contribution in [2.75, 3.05) is 45.8 Å². The first kappa shape index (κ1) is 12.1. The van der Waals surface area contributed by atoms with E-state index in [1.807, 2.05) is 0 Å². The predicted molar refractivity (Wildman–Crippen MR) is 68.7 cm³/mol. The van der Waals surface area contributed by atoms with Gasteiger partial charge >= 0.3 is 0 Å². The van der Waals surface area contributed by atoms with Crippen molar-refractivity contribution < 1.29 is 0 Å². The lowest BCUT2D eigenvalue weighted by Crippen LogP contribution is -2.47. The molecule has 16 heavy (non-hydrogen) atoms. The molecule has 0 bridgehead atoms. The molecule has 92 valence electrons. The Kier molecular flexibility index (Phi) is 4.38. The molecule has 3 heteroatoms. The molecule has 3 nitrogen and oxygen atoms in total. The molecule has 0 amide bonds.